The predicted molar refractivity (Wildman–Crippen MR) is 92.9 cm³/mol. The molecular weight excluding hydrogens is 276 g/mol. The van der Waals surface area contributed by atoms with Crippen molar-refractivity contribution < 1.29 is 0 Å². The van der Waals surface area contributed by atoms with Crippen LogP contribution in [-0.2, 0) is 12.8 Å². The summed E-state index contributed by atoms with van der Waals surface area (Å²) in [5, 5.41) is 2.15. The maximum Gasteiger partial charge on any atom is 0.0221 e. The fraction of sp³-hybridized carbons (Fsp3) is 0.444. The van der Waals surface area contributed by atoms with Crippen molar-refractivity contribution in [2.24, 2.45) is 5.73 Å². The van der Waals surface area contributed by atoms with Crippen molar-refractivity contribution in [2.75, 3.05) is 13.6 Å². The Morgan fingerprint density at radius 1 is 1.14 bits per heavy atom. The molecule has 0 amide bonds. The molecule has 0 aliphatic rings. The lowest BCUT2D eigenvalue weighted by molar-refractivity contribution is 0.179. The topological polar surface area (TPSA) is 29.3 Å². The summed E-state index contributed by atoms with van der Waals surface area (Å²) >= 11 is 1.84. The van der Waals surface area contributed by atoms with Crippen LogP contribution in [0.15, 0.2) is 47.8 Å². The summed E-state index contributed by atoms with van der Waals surface area (Å²) < 4.78 is 0. The summed E-state index contributed by atoms with van der Waals surface area (Å²) in [5.74, 6) is 0. The molecule has 114 valence electrons. The largest absolute Gasteiger partial charge is 0.329 e. The molecule has 21 heavy (non-hydrogen) atoms. The maximum absolute atomic E-state index is 6.01. The van der Waals surface area contributed by atoms with E-state index >= 15 is 0 Å². The standard InChI is InChI=1S/C18H26N2S/c1-15(13-18-9-6-12-21-18)20(2)17(14-19)11-10-16-7-4-3-5-8-16/h3-9,12,15,17H,10-11,13-14,19H2,1-2H3. The zero-order chi connectivity index (χ0) is 15.1. The van der Waals surface area contributed by atoms with Gasteiger partial charge in [-0.15, -0.1) is 11.3 Å². The average molecular weight is 302 g/mol. The molecule has 0 fully saturated rings. The molecule has 0 saturated carbocycles. The Kier molecular flexibility index (Phi) is 6.43. The first-order chi connectivity index (χ1) is 10.2. The monoisotopic (exact) mass is 302 g/mol. The van der Waals surface area contributed by atoms with Gasteiger partial charge in [0, 0.05) is 23.5 Å². The van der Waals surface area contributed by atoms with Crippen molar-refractivity contribution in [2.45, 2.75) is 38.3 Å². The molecule has 2 nitrogen and oxygen atoms in total. The van der Waals surface area contributed by atoms with Gasteiger partial charge in [0.25, 0.3) is 0 Å². The van der Waals surface area contributed by atoms with Crippen LogP contribution in [0.3, 0.4) is 0 Å². The fourth-order valence-electron chi connectivity index (χ4n) is 2.69. The van der Waals surface area contributed by atoms with E-state index in [1.165, 1.54) is 10.4 Å². The smallest absolute Gasteiger partial charge is 0.0221 e. The van der Waals surface area contributed by atoms with Gasteiger partial charge in [-0.2, -0.15) is 0 Å². The molecule has 0 spiro atoms. The predicted octanol–water partition coefficient (Wildman–Crippen LogP) is 3.57. The quantitative estimate of drug-likeness (QED) is 0.807. The van der Waals surface area contributed by atoms with Crippen molar-refractivity contribution in [1.29, 1.82) is 0 Å². The molecule has 0 aliphatic carbocycles. The van der Waals surface area contributed by atoms with Gasteiger partial charge >= 0.3 is 0 Å². The van der Waals surface area contributed by atoms with Crippen LogP contribution in [-0.4, -0.2) is 30.6 Å². The molecule has 0 radical (unpaired) electrons. The minimum atomic E-state index is 0.445. The van der Waals surface area contributed by atoms with Crippen molar-refractivity contribution in [3.05, 3.63) is 58.3 Å². The molecule has 0 saturated heterocycles. The van der Waals surface area contributed by atoms with Crippen LogP contribution in [0.1, 0.15) is 23.8 Å². The Balaban J connectivity index is 1.87. The molecule has 2 N–H and O–H groups in total. The molecule has 1 aromatic heterocycles. The highest BCUT2D eigenvalue weighted by molar-refractivity contribution is 7.09. The van der Waals surface area contributed by atoms with E-state index in [1.54, 1.807) is 0 Å². The minimum absolute atomic E-state index is 0.445. The SMILES string of the molecule is CC(Cc1cccs1)N(C)C(CN)CCc1ccccc1. The number of hydrogen-bond donors (Lipinski definition) is 1. The van der Waals surface area contributed by atoms with Gasteiger partial charge in [-0.1, -0.05) is 36.4 Å². The van der Waals surface area contributed by atoms with Gasteiger partial charge in [0.1, 0.15) is 0 Å². The van der Waals surface area contributed by atoms with E-state index < -0.39 is 0 Å². The van der Waals surface area contributed by atoms with Crippen LogP contribution in [0, 0.1) is 0 Å². The highest BCUT2D eigenvalue weighted by Gasteiger charge is 2.19. The Hall–Kier alpha value is -1.16. The lowest BCUT2D eigenvalue weighted by atomic mass is 10.0. The van der Waals surface area contributed by atoms with E-state index in [1.807, 2.05) is 11.3 Å². The number of thiophene rings is 1. The van der Waals surface area contributed by atoms with Crippen LogP contribution in [0.5, 0.6) is 0 Å². The Labute approximate surface area is 132 Å². The molecule has 3 heteroatoms. The van der Waals surface area contributed by atoms with Gasteiger partial charge in [0.2, 0.25) is 0 Å². The van der Waals surface area contributed by atoms with Gasteiger partial charge in [-0.3, -0.25) is 4.90 Å². The zero-order valence-electron chi connectivity index (χ0n) is 13.0. The van der Waals surface area contributed by atoms with Crippen LogP contribution >= 0.6 is 11.3 Å². The first-order valence-corrected chi connectivity index (χ1v) is 8.57. The van der Waals surface area contributed by atoms with Crippen LogP contribution in [0.4, 0.5) is 0 Å². The van der Waals surface area contributed by atoms with Gasteiger partial charge in [-0.05, 0) is 50.2 Å². The molecule has 0 aliphatic heterocycles. The van der Waals surface area contributed by atoms with Gasteiger partial charge < -0.3 is 5.73 Å². The average Bonchev–Trinajstić information content (AvgIpc) is 3.01. The van der Waals surface area contributed by atoms with Crippen molar-refractivity contribution in [3.8, 4) is 0 Å². The molecular formula is C18H26N2S. The van der Waals surface area contributed by atoms with Crippen LogP contribution < -0.4 is 5.73 Å². The summed E-state index contributed by atoms with van der Waals surface area (Å²) in [6, 6.07) is 16.0. The third-order valence-corrected chi connectivity index (χ3v) is 5.13. The normalized spacial score (nSPS) is 14.3. The van der Waals surface area contributed by atoms with Gasteiger partial charge in [0.05, 0.1) is 0 Å². The van der Waals surface area contributed by atoms with E-state index in [0.717, 1.165) is 25.8 Å². The fourth-order valence-corrected chi connectivity index (χ4v) is 3.52. The molecule has 0 bridgehead atoms. The molecule has 2 atom stereocenters. The second-order valence-corrected chi connectivity index (χ2v) is 6.74. The molecule has 2 unspecified atom stereocenters. The lowest BCUT2D eigenvalue weighted by Gasteiger charge is -2.32. The minimum Gasteiger partial charge on any atom is -0.329 e. The van der Waals surface area contributed by atoms with Crippen molar-refractivity contribution in [1.82, 2.24) is 4.90 Å². The second-order valence-electron chi connectivity index (χ2n) is 5.71. The Morgan fingerprint density at radius 2 is 1.90 bits per heavy atom. The van der Waals surface area contributed by atoms with E-state index in [0.29, 0.717) is 12.1 Å². The molecule has 1 heterocycles. The Bertz CT molecular complexity index is 495. The first kappa shape index (κ1) is 16.2. The van der Waals surface area contributed by atoms with Gasteiger partial charge in [0.15, 0.2) is 0 Å². The van der Waals surface area contributed by atoms with E-state index in [-0.39, 0.29) is 0 Å². The number of likely N-dealkylation sites (N-methyl/N-ethyl adjacent to an activating group) is 1. The summed E-state index contributed by atoms with van der Waals surface area (Å²) in [4.78, 5) is 3.90. The number of nitrogens with two attached hydrogens (primary N) is 1. The molecule has 2 aromatic rings. The van der Waals surface area contributed by atoms with Crippen molar-refractivity contribution >= 4 is 11.3 Å². The van der Waals surface area contributed by atoms with E-state index in [4.69, 9.17) is 5.73 Å². The number of aryl methyl sites for hydroxylation is 1. The zero-order valence-corrected chi connectivity index (χ0v) is 13.9. The molecule has 2 rings (SSSR count). The third-order valence-electron chi connectivity index (χ3n) is 4.23. The highest BCUT2D eigenvalue weighted by Crippen LogP contribution is 2.16. The van der Waals surface area contributed by atoms with Gasteiger partial charge in [-0.25, -0.2) is 0 Å². The van der Waals surface area contributed by atoms with Crippen LogP contribution in [0.25, 0.3) is 0 Å². The Morgan fingerprint density at radius 3 is 2.52 bits per heavy atom. The third kappa shape index (κ3) is 4.95. The summed E-state index contributed by atoms with van der Waals surface area (Å²) in [5.41, 5.74) is 7.41. The second kappa shape index (κ2) is 8.32. The number of rotatable bonds is 8. The summed E-state index contributed by atoms with van der Waals surface area (Å²) in [6.07, 6.45) is 3.32. The van der Waals surface area contributed by atoms with E-state index in [9.17, 15) is 0 Å². The number of hydrogen-bond acceptors (Lipinski definition) is 3. The lowest BCUT2D eigenvalue weighted by Crippen LogP contribution is -2.44. The van der Waals surface area contributed by atoms with Crippen LogP contribution in [0.2, 0.25) is 0 Å². The van der Waals surface area contributed by atoms with E-state index in [2.05, 4.69) is 66.7 Å². The first-order valence-electron chi connectivity index (χ1n) is 7.69. The number of benzene rings is 1. The highest BCUT2D eigenvalue weighted by atomic mass is 32.1. The summed E-state index contributed by atoms with van der Waals surface area (Å²) in [7, 11) is 2.21. The van der Waals surface area contributed by atoms with Crippen molar-refractivity contribution in [3.63, 3.8) is 0 Å². The summed E-state index contributed by atoms with van der Waals surface area (Å²) in [6.45, 7) is 3.02. The maximum atomic E-state index is 6.01. The number of nitrogens with zero attached hydrogens (tertiary/aromatic N) is 1. The molecule has 1 aromatic carbocycles.